The van der Waals surface area contributed by atoms with E-state index in [1.165, 1.54) is 64.3 Å². The van der Waals surface area contributed by atoms with Gasteiger partial charge in [0.1, 0.15) is 11.2 Å². The Kier molecular flexibility index (Phi) is 10.2. The Balaban J connectivity index is 0.000000181. The number of hydrogen-bond donors (Lipinski definition) is 1. The van der Waals surface area contributed by atoms with Crippen LogP contribution in [0.3, 0.4) is 0 Å². The number of para-hydroxylation sites is 1. The third kappa shape index (κ3) is 7.22. The van der Waals surface area contributed by atoms with Crippen molar-refractivity contribution in [3.8, 4) is 22.3 Å². The monoisotopic (exact) mass is 691 g/mol. The first-order chi connectivity index (χ1) is 25.5. The molecule has 0 aliphatic rings. The van der Waals surface area contributed by atoms with Crippen molar-refractivity contribution in [2.24, 2.45) is 9.98 Å². The van der Waals surface area contributed by atoms with E-state index in [4.69, 9.17) is 9.83 Å². The predicted octanol–water partition coefficient (Wildman–Crippen LogP) is 13.2. The second-order valence-electron chi connectivity index (χ2n) is 12.4. The highest BCUT2D eigenvalue weighted by Crippen LogP contribution is 2.44. The van der Waals surface area contributed by atoms with E-state index < -0.39 is 0 Å². The number of nitrogens with zero attached hydrogens (tertiary/aromatic N) is 2. The van der Waals surface area contributed by atoms with E-state index in [0.717, 1.165) is 23.3 Å². The Morgan fingerprint density at radius 2 is 1.25 bits per heavy atom. The quantitative estimate of drug-likeness (QED) is 0.142. The molecule has 5 heteroatoms. The van der Waals surface area contributed by atoms with Gasteiger partial charge in [-0.05, 0) is 72.4 Å². The molecule has 0 atom stereocenters. The maximum absolute atomic E-state index is 7.25. The number of nitrogens with one attached hydrogen (secondary N) is 1. The average Bonchev–Trinajstić information content (AvgIpc) is 3.77. The van der Waals surface area contributed by atoms with Crippen LogP contribution in [-0.2, 0) is 6.54 Å². The molecule has 7 aromatic carbocycles. The van der Waals surface area contributed by atoms with Crippen molar-refractivity contribution in [1.29, 1.82) is 5.41 Å². The Morgan fingerprint density at radius 1 is 0.596 bits per heavy atom. The second kappa shape index (κ2) is 15.6. The lowest BCUT2D eigenvalue weighted by molar-refractivity contribution is 0.669. The molecule has 9 rings (SSSR count). The summed E-state index contributed by atoms with van der Waals surface area (Å²) in [5, 5.41) is 12.2. The lowest BCUT2D eigenvalue weighted by atomic mass is 9.95. The van der Waals surface area contributed by atoms with Gasteiger partial charge in [0.05, 0.1) is 6.54 Å². The molecular formula is C47H37N3OS. The molecule has 0 saturated heterocycles. The van der Waals surface area contributed by atoms with Crippen molar-refractivity contribution in [3.63, 3.8) is 0 Å². The number of benzene rings is 7. The van der Waals surface area contributed by atoms with E-state index in [1.54, 1.807) is 0 Å². The molecule has 9 aromatic rings. The lowest BCUT2D eigenvalue weighted by Crippen LogP contribution is -1.91. The molecule has 0 fully saturated rings. The normalized spacial score (nSPS) is 10.7. The van der Waals surface area contributed by atoms with Gasteiger partial charge in [-0.3, -0.25) is 10.4 Å². The van der Waals surface area contributed by atoms with Crippen LogP contribution in [0.1, 0.15) is 16.7 Å². The third-order valence-electron chi connectivity index (χ3n) is 8.88. The summed E-state index contributed by atoms with van der Waals surface area (Å²) in [5.74, 6) is 0.223. The summed E-state index contributed by atoms with van der Waals surface area (Å²) in [6.45, 7) is 9.54. The number of aryl methyl sites for hydroxylation is 1. The number of thiophene rings is 1. The minimum absolute atomic E-state index is 0.223. The number of rotatable bonds is 5. The standard InChI is InChI=1S/C31H20OS.C8H8N2.C8H9N/c1-19-7-4-8-20(17-19)21-15-16-25-29(18-21)33-28-14-6-11-23(31(25)28)22-10-5-13-27-30(22)24-9-2-3-12-26(24)32-27;1-10-8(9)7-5-3-2-4-6-7;1-9-7-8-5-3-2-4-6-8/h2-18H,1H3;2-6,9H,1H2;2-6H,1,7H2. The lowest BCUT2D eigenvalue weighted by Gasteiger charge is -2.07. The first-order valence-corrected chi connectivity index (χ1v) is 17.9. The molecule has 4 nitrogen and oxygen atoms in total. The fourth-order valence-corrected chi connectivity index (χ4v) is 7.62. The number of amidine groups is 1. The van der Waals surface area contributed by atoms with Gasteiger partial charge in [-0.25, -0.2) is 4.99 Å². The van der Waals surface area contributed by atoms with Crippen molar-refractivity contribution in [2.75, 3.05) is 0 Å². The molecule has 0 spiro atoms. The Morgan fingerprint density at radius 3 is 2.00 bits per heavy atom. The van der Waals surface area contributed by atoms with Crippen molar-refractivity contribution in [2.45, 2.75) is 13.5 Å². The maximum atomic E-state index is 7.25. The first kappa shape index (κ1) is 34.0. The summed E-state index contributed by atoms with van der Waals surface area (Å²) in [4.78, 5) is 7.25. The zero-order valence-corrected chi connectivity index (χ0v) is 29.7. The van der Waals surface area contributed by atoms with Gasteiger partial charge >= 0.3 is 0 Å². The van der Waals surface area contributed by atoms with Crippen LogP contribution in [0.5, 0.6) is 0 Å². The molecule has 1 N–H and O–H groups in total. The van der Waals surface area contributed by atoms with E-state index in [1.807, 2.05) is 84.1 Å². The van der Waals surface area contributed by atoms with Crippen molar-refractivity contribution >= 4 is 72.7 Å². The summed E-state index contributed by atoms with van der Waals surface area (Å²) in [7, 11) is 0. The van der Waals surface area contributed by atoms with E-state index in [9.17, 15) is 0 Å². The third-order valence-corrected chi connectivity index (χ3v) is 10.0. The highest BCUT2D eigenvalue weighted by Gasteiger charge is 2.16. The predicted molar refractivity (Wildman–Crippen MR) is 225 cm³/mol. The van der Waals surface area contributed by atoms with E-state index in [2.05, 4.69) is 121 Å². The maximum Gasteiger partial charge on any atom is 0.151 e. The van der Waals surface area contributed by atoms with Gasteiger partial charge in [-0.1, -0.05) is 145 Å². The first-order valence-electron chi connectivity index (χ1n) is 17.0. The molecule has 2 heterocycles. The molecule has 0 saturated carbocycles. The van der Waals surface area contributed by atoms with Crippen molar-refractivity contribution < 1.29 is 4.42 Å². The van der Waals surface area contributed by atoms with Crippen LogP contribution in [-0.4, -0.2) is 19.3 Å². The van der Waals surface area contributed by atoms with Gasteiger partial charge in [0.25, 0.3) is 0 Å². The molecule has 52 heavy (non-hydrogen) atoms. The zero-order valence-electron chi connectivity index (χ0n) is 28.9. The van der Waals surface area contributed by atoms with E-state index >= 15 is 0 Å². The second-order valence-corrected chi connectivity index (χ2v) is 13.5. The van der Waals surface area contributed by atoms with E-state index in [0.29, 0.717) is 0 Å². The highest BCUT2D eigenvalue weighted by molar-refractivity contribution is 7.26. The van der Waals surface area contributed by atoms with Crippen LogP contribution in [0.2, 0.25) is 0 Å². The fraction of sp³-hybridized carbons (Fsp3) is 0.0426. The molecule has 0 aliphatic carbocycles. The van der Waals surface area contributed by atoms with Gasteiger partial charge in [-0.15, -0.1) is 11.3 Å². The highest BCUT2D eigenvalue weighted by atomic mass is 32.1. The summed E-state index contributed by atoms with van der Waals surface area (Å²) < 4.78 is 8.81. The van der Waals surface area contributed by atoms with E-state index in [-0.39, 0.29) is 5.84 Å². The minimum Gasteiger partial charge on any atom is -0.456 e. The van der Waals surface area contributed by atoms with Gasteiger partial charge in [0.15, 0.2) is 5.84 Å². The molecule has 0 radical (unpaired) electrons. The smallest absolute Gasteiger partial charge is 0.151 e. The van der Waals surface area contributed by atoms with Crippen LogP contribution in [0.25, 0.3) is 64.4 Å². The Labute approximate surface area is 307 Å². The van der Waals surface area contributed by atoms with Crippen LogP contribution < -0.4 is 0 Å². The van der Waals surface area contributed by atoms with Crippen LogP contribution >= 0.6 is 11.3 Å². The van der Waals surface area contributed by atoms with Crippen LogP contribution in [0, 0.1) is 12.3 Å². The molecule has 0 bridgehead atoms. The summed E-state index contributed by atoms with van der Waals surface area (Å²) in [6, 6.07) is 56.4. The van der Waals surface area contributed by atoms with Crippen LogP contribution in [0.15, 0.2) is 178 Å². The number of aliphatic imine (C=N–C) groups is 2. The van der Waals surface area contributed by atoms with Crippen molar-refractivity contribution in [3.05, 3.63) is 180 Å². The Bertz CT molecular complexity index is 2670. The number of furan rings is 1. The summed E-state index contributed by atoms with van der Waals surface area (Å²) in [6.07, 6.45) is 0. The molecular weight excluding hydrogens is 655 g/mol. The Hall–Kier alpha value is -6.43. The van der Waals surface area contributed by atoms with Gasteiger partial charge in [-0.2, -0.15) is 0 Å². The summed E-state index contributed by atoms with van der Waals surface area (Å²) >= 11 is 1.87. The molecule has 252 valence electrons. The average molecular weight is 692 g/mol. The fourth-order valence-electron chi connectivity index (χ4n) is 6.45. The number of hydrogen-bond acceptors (Lipinski definition) is 4. The minimum atomic E-state index is 0.223. The van der Waals surface area contributed by atoms with Gasteiger partial charge in [0, 0.05) is 36.5 Å². The molecule has 2 aromatic heterocycles. The molecule has 0 amide bonds. The van der Waals surface area contributed by atoms with Gasteiger partial charge < -0.3 is 4.42 Å². The molecule has 0 unspecified atom stereocenters. The zero-order chi connectivity index (χ0) is 35.9. The summed E-state index contributed by atoms with van der Waals surface area (Å²) in [5.41, 5.74) is 10.2. The molecule has 0 aliphatic heterocycles. The largest absolute Gasteiger partial charge is 0.456 e. The van der Waals surface area contributed by atoms with Crippen molar-refractivity contribution in [1.82, 2.24) is 0 Å². The number of fused-ring (bicyclic) bond motifs is 6. The SMILES string of the molecule is C=NC(=N)c1ccccc1.C=NCc1ccccc1.Cc1cccc(-c2ccc3c(c2)sc2cccc(-c4cccc5oc6ccccc6c45)c23)c1. The topological polar surface area (TPSA) is 61.7 Å². The van der Waals surface area contributed by atoms with Crippen LogP contribution in [0.4, 0.5) is 0 Å². The van der Waals surface area contributed by atoms with Gasteiger partial charge in [0.2, 0.25) is 0 Å².